The van der Waals surface area contributed by atoms with Gasteiger partial charge in [0.05, 0.1) is 24.6 Å². The van der Waals surface area contributed by atoms with E-state index in [0.717, 1.165) is 25.7 Å². The quantitative estimate of drug-likeness (QED) is 0.886. The van der Waals surface area contributed by atoms with Gasteiger partial charge in [0, 0.05) is 18.5 Å². The van der Waals surface area contributed by atoms with Gasteiger partial charge in [-0.05, 0) is 44.2 Å². The molecule has 2 unspecified atom stereocenters. The molecule has 2 N–H and O–H groups in total. The molecule has 4 heterocycles. The first kappa shape index (κ1) is 16.9. The van der Waals surface area contributed by atoms with Crippen LogP contribution < -0.4 is 5.73 Å². The topological polar surface area (TPSA) is 89.9 Å². The average molecular weight is 358 g/mol. The fourth-order valence-electron chi connectivity index (χ4n) is 4.29. The van der Waals surface area contributed by atoms with Crippen LogP contribution in [0.15, 0.2) is 24.4 Å². The highest BCUT2D eigenvalue weighted by Gasteiger charge is 2.43. The highest BCUT2D eigenvalue weighted by atomic mass is 19.1. The lowest BCUT2D eigenvalue weighted by molar-refractivity contribution is -0.136. The number of hydrogen-bond donors (Lipinski definition) is 1. The number of carbonyl (C=O) groups is 1. The Balaban J connectivity index is 1.47. The number of carbonyl (C=O) groups excluding carboxylic acids is 1. The monoisotopic (exact) mass is 358 g/mol. The van der Waals surface area contributed by atoms with Gasteiger partial charge in [-0.1, -0.05) is 11.3 Å². The van der Waals surface area contributed by atoms with E-state index >= 15 is 0 Å². The number of fused-ring (bicyclic) bond motifs is 2. The molecule has 138 valence electrons. The van der Waals surface area contributed by atoms with Crippen LogP contribution in [-0.2, 0) is 4.79 Å². The maximum Gasteiger partial charge on any atom is 0.223 e. The molecular formula is C18H23FN6O. The second-order valence-corrected chi connectivity index (χ2v) is 7.14. The molecule has 2 bridgehead atoms. The van der Waals surface area contributed by atoms with E-state index in [-0.39, 0.29) is 24.0 Å². The molecule has 0 saturated carbocycles. The molecule has 0 aliphatic carbocycles. The van der Waals surface area contributed by atoms with E-state index in [2.05, 4.69) is 15.3 Å². The number of nitrogens with two attached hydrogens (primary N) is 1. The maximum absolute atomic E-state index is 12.4. The van der Waals surface area contributed by atoms with Gasteiger partial charge < -0.3 is 10.6 Å². The minimum atomic E-state index is -0.433. The number of nitrogens with zero attached hydrogens (tertiary/aromatic N) is 5. The first-order chi connectivity index (χ1) is 12.7. The van der Waals surface area contributed by atoms with E-state index in [0.29, 0.717) is 30.0 Å². The van der Waals surface area contributed by atoms with Gasteiger partial charge in [-0.25, -0.2) is 9.67 Å². The van der Waals surface area contributed by atoms with Gasteiger partial charge in [0.1, 0.15) is 11.5 Å². The SMILES string of the molecule is Nc1cccc(-c2cn(C3CC4CCC(C3)N4C(=O)CCCF)nn2)n1. The van der Waals surface area contributed by atoms with E-state index in [1.54, 1.807) is 6.07 Å². The molecule has 7 nitrogen and oxygen atoms in total. The van der Waals surface area contributed by atoms with Crippen molar-refractivity contribution in [2.75, 3.05) is 12.4 Å². The fraction of sp³-hybridized carbons (Fsp3) is 0.556. The number of pyridine rings is 1. The Morgan fingerprint density at radius 3 is 2.65 bits per heavy atom. The van der Waals surface area contributed by atoms with Crippen LogP contribution in [-0.4, -0.2) is 49.5 Å². The molecule has 1 amide bonds. The summed E-state index contributed by atoms with van der Waals surface area (Å²) in [6.45, 7) is -0.433. The summed E-state index contributed by atoms with van der Waals surface area (Å²) >= 11 is 0. The number of piperidine rings is 1. The van der Waals surface area contributed by atoms with E-state index in [4.69, 9.17) is 5.73 Å². The average Bonchev–Trinajstić information content (AvgIpc) is 3.23. The number of nitrogen functional groups attached to an aromatic ring is 1. The van der Waals surface area contributed by atoms with Gasteiger partial charge in [0.15, 0.2) is 0 Å². The van der Waals surface area contributed by atoms with E-state index < -0.39 is 6.67 Å². The molecule has 0 spiro atoms. The molecule has 2 aliphatic rings. The molecule has 2 atom stereocenters. The molecule has 8 heteroatoms. The zero-order valence-corrected chi connectivity index (χ0v) is 14.6. The van der Waals surface area contributed by atoms with Gasteiger partial charge in [-0.2, -0.15) is 0 Å². The smallest absolute Gasteiger partial charge is 0.223 e. The summed E-state index contributed by atoms with van der Waals surface area (Å²) in [6.07, 6.45) is 6.30. The van der Waals surface area contributed by atoms with Crippen molar-refractivity contribution in [3.63, 3.8) is 0 Å². The molecule has 26 heavy (non-hydrogen) atoms. The summed E-state index contributed by atoms with van der Waals surface area (Å²) in [7, 11) is 0. The highest BCUT2D eigenvalue weighted by Crippen LogP contribution is 2.41. The summed E-state index contributed by atoms with van der Waals surface area (Å²) in [4.78, 5) is 18.7. The second-order valence-electron chi connectivity index (χ2n) is 7.14. The maximum atomic E-state index is 12.4. The number of rotatable bonds is 5. The zero-order chi connectivity index (χ0) is 18.1. The molecule has 2 saturated heterocycles. The fourth-order valence-corrected chi connectivity index (χ4v) is 4.29. The van der Waals surface area contributed by atoms with Crippen molar-refractivity contribution in [1.29, 1.82) is 0 Å². The first-order valence-electron chi connectivity index (χ1n) is 9.17. The summed E-state index contributed by atoms with van der Waals surface area (Å²) in [5.74, 6) is 0.548. The third-order valence-corrected chi connectivity index (χ3v) is 5.44. The number of amides is 1. The first-order valence-corrected chi connectivity index (χ1v) is 9.17. The van der Waals surface area contributed by atoms with Gasteiger partial charge in [-0.15, -0.1) is 5.10 Å². The van der Waals surface area contributed by atoms with Crippen LogP contribution >= 0.6 is 0 Å². The van der Waals surface area contributed by atoms with Crippen LogP contribution in [0.4, 0.5) is 10.2 Å². The Bertz CT molecular complexity index is 779. The van der Waals surface area contributed by atoms with Crippen LogP contribution in [0.2, 0.25) is 0 Å². The number of halogens is 1. The largest absolute Gasteiger partial charge is 0.384 e. The lowest BCUT2D eigenvalue weighted by Crippen LogP contribution is -2.47. The normalized spacial score (nSPS) is 24.8. The second kappa shape index (κ2) is 7.01. The van der Waals surface area contributed by atoms with Gasteiger partial charge in [0.2, 0.25) is 5.91 Å². The van der Waals surface area contributed by atoms with Crippen molar-refractivity contribution in [3.8, 4) is 11.4 Å². The molecule has 2 aromatic heterocycles. The van der Waals surface area contributed by atoms with Gasteiger partial charge >= 0.3 is 0 Å². The van der Waals surface area contributed by atoms with Crippen LogP contribution in [0.5, 0.6) is 0 Å². The van der Waals surface area contributed by atoms with Crippen molar-refractivity contribution in [3.05, 3.63) is 24.4 Å². The zero-order valence-electron chi connectivity index (χ0n) is 14.6. The Morgan fingerprint density at radius 1 is 1.19 bits per heavy atom. The predicted octanol–water partition coefficient (Wildman–Crippen LogP) is 2.37. The Kier molecular flexibility index (Phi) is 4.57. The lowest BCUT2D eigenvalue weighted by atomic mass is 9.97. The molecule has 0 radical (unpaired) electrons. The van der Waals surface area contributed by atoms with E-state index in [9.17, 15) is 9.18 Å². The van der Waals surface area contributed by atoms with Crippen molar-refractivity contribution in [1.82, 2.24) is 24.9 Å². The van der Waals surface area contributed by atoms with Crippen LogP contribution in [0.1, 0.15) is 44.6 Å². The number of hydrogen-bond acceptors (Lipinski definition) is 5. The third kappa shape index (κ3) is 3.15. The highest BCUT2D eigenvalue weighted by molar-refractivity contribution is 5.77. The lowest BCUT2D eigenvalue weighted by Gasteiger charge is -2.39. The van der Waals surface area contributed by atoms with Crippen molar-refractivity contribution in [2.24, 2.45) is 0 Å². The third-order valence-electron chi connectivity index (χ3n) is 5.44. The van der Waals surface area contributed by atoms with Crippen molar-refractivity contribution < 1.29 is 9.18 Å². The van der Waals surface area contributed by atoms with Gasteiger partial charge in [-0.3, -0.25) is 9.18 Å². The number of anilines is 1. The molecule has 0 aromatic carbocycles. The molecule has 4 rings (SSSR count). The van der Waals surface area contributed by atoms with E-state index in [1.807, 2.05) is 27.9 Å². The Labute approximate surface area is 151 Å². The van der Waals surface area contributed by atoms with Crippen molar-refractivity contribution >= 4 is 11.7 Å². The van der Waals surface area contributed by atoms with Gasteiger partial charge in [0.25, 0.3) is 0 Å². The van der Waals surface area contributed by atoms with Crippen LogP contribution in [0.25, 0.3) is 11.4 Å². The minimum Gasteiger partial charge on any atom is -0.384 e. The Hall–Kier alpha value is -2.51. The minimum absolute atomic E-state index is 0.0943. The predicted molar refractivity (Wildman–Crippen MR) is 94.8 cm³/mol. The number of alkyl halides is 1. The Morgan fingerprint density at radius 2 is 1.96 bits per heavy atom. The number of aromatic nitrogens is 4. The molecular weight excluding hydrogens is 335 g/mol. The summed E-state index contributed by atoms with van der Waals surface area (Å²) in [5, 5.41) is 8.54. The van der Waals surface area contributed by atoms with Crippen LogP contribution in [0.3, 0.4) is 0 Å². The summed E-state index contributed by atoms with van der Waals surface area (Å²) in [5.41, 5.74) is 7.15. The molecule has 2 aliphatic heterocycles. The van der Waals surface area contributed by atoms with Crippen LogP contribution in [0, 0.1) is 0 Å². The standard InChI is InChI=1S/C18H23FN6O/c19-8-2-5-18(26)25-12-6-7-13(25)10-14(9-12)24-11-16(22-23-24)15-3-1-4-17(20)21-15/h1,3-4,11-14H,2,5-10H2,(H2,20,21). The molecule has 2 fully saturated rings. The molecule has 2 aromatic rings. The van der Waals surface area contributed by atoms with E-state index in [1.165, 1.54) is 0 Å². The summed E-state index contributed by atoms with van der Waals surface area (Å²) < 4.78 is 14.3. The van der Waals surface area contributed by atoms with Crippen molar-refractivity contribution in [2.45, 2.75) is 56.7 Å². The summed E-state index contributed by atoms with van der Waals surface area (Å²) in [6, 6.07) is 6.12.